The van der Waals surface area contributed by atoms with E-state index in [-0.39, 0.29) is 124 Å². The summed E-state index contributed by atoms with van der Waals surface area (Å²) in [6.07, 6.45) is 13.5. The van der Waals surface area contributed by atoms with Gasteiger partial charge >= 0.3 is 17.8 Å². The summed E-state index contributed by atoms with van der Waals surface area (Å²) in [5.74, 6) is -6.74. The van der Waals surface area contributed by atoms with Gasteiger partial charge in [0, 0.05) is 159 Å². The number of aliphatic hydroxyl groups excluding tert-OH is 3. The number of pyridine rings is 2. The highest BCUT2D eigenvalue weighted by Crippen LogP contribution is 2.42. The average molecular weight is 1950 g/mol. The zero-order valence-electron chi connectivity index (χ0n) is 82.5. The number of piperidine rings is 1. The van der Waals surface area contributed by atoms with Crippen LogP contribution in [-0.2, 0) is 101 Å². The number of methoxy groups -OCH3 is 4. The van der Waals surface area contributed by atoms with Crippen molar-refractivity contribution < 1.29 is 119 Å². The first-order chi connectivity index (χ1) is 66.8. The number of hydrogen-bond donors (Lipinski definition) is 4. The van der Waals surface area contributed by atoms with Gasteiger partial charge in [-0.3, -0.25) is 33.3 Å². The summed E-state index contributed by atoms with van der Waals surface area (Å²) in [7, 11) is 7.68. The zero-order valence-corrected chi connectivity index (χ0v) is 82.5. The Morgan fingerprint density at radius 2 is 1.33 bits per heavy atom. The molecule has 4 aromatic heterocycles. The maximum atomic E-state index is 15.1. The molecule has 33 nitrogen and oxygen atoms in total. The smallest absolute Gasteiger partial charge is 0.418 e. The molecule has 2 bridgehead atoms. The van der Waals surface area contributed by atoms with Crippen LogP contribution >= 0.6 is 0 Å². The number of ketones is 3. The molecular weight excluding hydrogens is 1800 g/mol. The summed E-state index contributed by atoms with van der Waals surface area (Å²) >= 11 is 0. The first-order valence-corrected chi connectivity index (χ1v) is 48.8. The van der Waals surface area contributed by atoms with Crippen molar-refractivity contribution in [3.63, 3.8) is 0 Å². The number of anilines is 2. The SMILES string of the molecule is COc1ccc(-c2ccc3ncc4c(c3c2)n(-c2ccc(N3CCN(c5ncc(CCC(=O)CCOCCOCCOCCOCCOCCOCCCC(=O)CON=C6[C@H](C)C[C@H](C)/C=C/C=C/C=C(\C)[C@@H](OC)C[C@@H]7CC[C@@H](C)[C@@](O)(O7)C(=O)C(=O)N7CCCC[C@H]7C(=O)O[C@H]([C@H](C)C[C@@H]7CC[C@@H](O)[C@H](OC)C7)C[C@@H](O)[C@H](C)/C=C(\C)[C@@H](O)[C@H]6OC)cn5)CC3)c(C(F)(F)F)c2)c(=O)n4C)cn1. The number of hydrogen-bond acceptors (Lipinski definition) is 30. The molecule has 3 saturated heterocycles. The van der Waals surface area contributed by atoms with Gasteiger partial charge in [0.1, 0.15) is 30.1 Å². The van der Waals surface area contributed by atoms with Gasteiger partial charge in [-0.15, -0.1) is 0 Å². The number of fused-ring (bicyclic) bond motifs is 6. The number of aliphatic hydroxyl groups is 4. The van der Waals surface area contributed by atoms with Gasteiger partial charge in [-0.25, -0.2) is 24.5 Å². The number of aromatic nitrogens is 6. The van der Waals surface area contributed by atoms with E-state index in [0.717, 1.165) is 28.3 Å². The molecule has 4 aliphatic heterocycles. The molecule has 0 spiro atoms. The van der Waals surface area contributed by atoms with E-state index in [0.29, 0.717) is 201 Å². The summed E-state index contributed by atoms with van der Waals surface area (Å²) in [5.41, 5.74) is 4.06. The third-order valence-corrected chi connectivity index (χ3v) is 27.2. The van der Waals surface area contributed by atoms with Crippen molar-refractivity contribution in [1.82, 2.24) is 34.0 Å². The molecule has 764 valence electrons. The molecule has 36 heteroatoms. The predicted molar refractivity (Wildman–Crippen MR) is 517 cm³/mol. The number of Topliss-reactive ketones (excluding diaryl/α,β-unsaturated/α-hetero) is 3. The number of ether oxygens (including phenoxy) is 12. The van der Waals surface area contributed by atoms with Gasteiger partial charge in [0.2, 0.25) is 17.6 Å². The summed E-state index contributed by atoms with van der Waals surface area (Å²) in [4.78, 5) is 112. The van der Waals surface area contributed by atoms with Crippen LogP contribution in [-0.4, -0.2) is 297 Å². The first-order valence-electron chi connectivity index (χ1n) is 48.8. The third-order valence-electron chi connectivity index (χ3n) is 27.2. The van der Waals surface area contributed by atoms with Crippen molar-refractivity contribution in [2.24, 2.45) is 47.7 Å². The Kier molecular flexibility index (Phi) is 42.6. The number of piperazine rings is 1. The Labute approximate surface area is 812 Å². The van der Waals surface area contributed by atoms with E-state index in [1.165, 1.54) is 34.3 Å². The third kappa shape index (κ3) is 30.7. The van der Waals surface area contributed by atoms with E-state index in [2.05, 4.69) is 25.1 Å². The quantitative estimate of drug-likeness (QED) is 0.00915. The highest BCUT2D eigenvalue weighted by Gasteiger charge is 2.53. The highest BCUT2D eigenvalue weighted by molar-refractivity contribution is 6.39. The van der Waals surface area contributed by atoms with Crippen LogP contribution < -0.4 is 20.2 Å². The van der Waals surface area contributed by atoms with Crippen LogP contribution in [0.25, 0.3) is 38.8 Å². The summed E-state index contributed by atoms with van der Waals surface area (Å²) < 4.78 is 118. The van der Waals surface area contributed by atoms with Gasteiger partial charge in [0.15, 0.2) is 12.4 Å². The lowest BCUT2D eigenvalue weighted by Gasteiger charge is -2.43. The molecule has 0 unspecified atom stereocenters. The van der Waals surface area contributed by atoms with Crippen molar-refractivity contribution >= 4 is 68.5 Å². The molecule has 8 heterocycles. The first kappa shape index (κ1) is 110. The average Bonchev–Trinajstić information content (AvgIpc) is 1.59. The van der Waals surface area contributed by atoms with E-state index in [4.69, 9.17) is 61.7 Å². The van der Waals surface area contributed by atoms with Gasteiger partial charge in [-0.05, 0) is 167 Å². The van der Waals surface area contributed by atoms with Crippen molar-refractivity contribution in [1.29, 1.82) is 0 Å². The second-order valence-corrected chi connectivity index (χ2v) is 37.3. The zero-order chi connectivity index (χ0) is 99.9. The fraction of sp³-hybridized carbons (Fsp3) is 0.621. The second-order valence-electron chi connectivity index (χ2n) is 37.3. The predicted octanol–water partition coefficient (Wildman–Crippen LogP) is 12.2. The van der Waals surface area contributed by atoms with E-state index < -0.39 is 101 Å². The van der Waals surface area contributed by atoms with Crippen LogP contribution in [0.4, 0.5) is 24.8 Å². The van der Waals surface area contributed by atoms with Gasteiger partial charge in [-0.2, -0.15) is 13.2 Å². The molecule has 1 amide bonds. The Morgan fingerprint density at radius 3 is 1.99 bits per heavy atom. The van der Waals surface area contributed by atoms with E-state index in [1.807, 2.05) is 81.2 Å². The van der Waals surface area contributed by atoms with Crippen molar-refractivity contribution in [3.05, 3.63) is 143 Å². The normalized spacial score (nSPS) is 26.8. The molecule has 6 aromatic rings. The van der Waals surface area contributed by atoms with Gasteiger partial charge in [0.05, 0.1) is 150 Å². The van der Waals surface area contributed by atoms with Gasteiger partial charge in [0.25, 0.3) is 11.7 Å². The number of oxime groups is 1. The lowest BCUT2D eigenvalue weighted by atomic mass is 9.78. The number of imidazole rings is 1. The van der Waals surface area contributed by atoms with Crippen molar-refractivity contribution in [2.75, 3.05) is 157 Å². The minimum Gasteiger partial charge on any atom is -0.481 e. The Balaban J connectivity index is 0.555. The monoisotopic (exact) mass is 1950 g/mol. The Morgan fingerprint density at radius 1 is 0.655 bits per heavy atom. The van der Waals surface area contributed by atoms with Crippen molar-refractivity contribution in [2.45, 2.75) is 224 Å². The number of carbonyl (C=O) groups excluding carboxylic acids is 5. The number of amides is 1. The molecule has 0 radical (unpaired) electrons. The number of aryl methyl sites for hydroxylation is 2. The maximum Gasteiger partial charge on any atom is 0.418 e. The van der Waals surface area contributed by atoms with Crippen LogP contribution in [0.5, 0.6) is 5.88 Å². The molecule has 16 atom stereocenters. The van der Waals surface area contributed by atoms with E-state index in [9.17, 15) is 49.2 Å². The van der Waals surface area contributed by atoms with Gasteiger partial charge in [-0.1, -0.05) is 82.3 Å². The summed E-state index contributed by atoms with van der Waals surface area (Å²) in [5, 5.41) is 52.4. The van der Waals surface area contributed by atoms with Crippen LogP contribution in [0.1, 0.15) is 162 Å². The Bertz CT molecular complexity index is 5180. The number of benzene rings is 2. The van der Waals surface area contributed by atoms with Crippen LogP contribution in [0.15, 0.2) is 131 Å². The molecule has 11 rings (SSSR count). The number of rotatable bonds is 39. The van der Waals surface area contributed by atoms with Gasteiger partial charge < -0.3 is 96.8 Å². The molecule has 1 aliphatic carbocycles. The van der Waals surface area contributed by atoms with E-state index >= 15 is 13.2 Å². The van der Waals surface area contributed by atoms with Crippen LogP contribution in [0.3, 0.4) is 0 Å². The summed E-state index contributed by atoms with van der Waals surface area (Å²) in [6, 6.07) is 11.9. The number of cyclic esters (lactones) is 1. The second kappa shape index (κ2) is 54.0. The number of alkyl halides is 3. The molecule has 4 N–H and O–H groups in total. The lowest BCUT2D eigenvalue weighted by Crippen LogP contribution is -2.61. The van der Waals surface area contributed by atoms with Crippen molar-refractivity contribution in [3.8, 4) is 22.7 Å². The number of allylic oxidation sites excluding steroid dienone is 5. The largest absolute Gasteiger partial charge is 0.481 e. The highest BCUT2D eigenvalue weighted by atomic mass is 19.4. The molecule has 4 fully saturated rings. The minimum atomic E-state index is -4.75. The fourth-order valence-corrected chi connectivity index (χ4v) is 18.9. The number of carbonyl (C=O) groups is 5. The molecule has 139 heavy (non-hydrogen) atoms. The molecule has 5 aliphatic rings. The maximum absolute atomic E-state index is 15.1. The Hall–Kier alpha value is -9.64. The fourth-order valence-electron chi connectivity index (χ4n) is 18.9. The standard InChI is InChI=1S/C103H143F3N10O23/c1-66-19-14-13-15-20-67(2)89(127-9)59-80-30-23-72(7)102(126,139-80)97(122)98(123)115-36-17-16-22-85(115)99(124)138-90(69(4)55-73-25-33-87(119)91(56-73)128-10)60-88(120)68(3)54-71(6)95(121)96(130-12)93(70(5)53-66)111-137-65-79(118)21-18-41-131-43-45-133-47-49-135-51-52-136-50-48-134-46-44-132-42-35-78(117)29-24-74-61-109-100(110-62-74)114-39-37-113(38-40-114)84-32-28-77(58-82(84)103(104,105)106)116-94-81-57-75(76-27-34-92(129-11)108-63-76)26-31-83(81)107-64-86(94)112(8)101(116)125/h13-15,19-20,26-28,31-32,34,54,57-58,61-64,66,68-70,72-73,80,85,87-91,95-96,119-121,126H,16-18,21-25,29-30,33,35-53,55-56,59-60,65H2,1-12H3/b15-13+,19-14+,67-20+,71-54+,111-93?/t66-,68-,69-,70-,72-,73+,80+,85+,87-,88-,89+,90+,91-,95-,96+,102-/m1/s1. The topological polar surface area (TPSA) is 387 Å². The number of nitrogens with zero attached hydrogens (tertiary/aromatic N) is 10. The molecule has 1 saturated carbocycles. The number of halogens is 3. The van der Waals surface area contributed by atoms with E-state index in [1.54, 1.807) is 96.0 Å². The minimum absolute atomic E-state index is 0.00414. The van der Waals surface area contributed by atoms with Crippen LogP contribution in [0.2, 0.25) is 0 Å². The number of esters is 1. The molecular formula is C103H143F3N10O23. The summed E-state index contributed by atoms with van der Waals surface area (Å²) in [6.45, 7) is 17.8. The molecule has 2 aromatic carbocycles. The lowest BCUT2D eigenvalue weighted by molar-refractivity contribution is -0.265. The van der Waals surface area contributed by atoms with Crippen LogP contribution in [0, 0.1) is 35.5 Å².